The first-order chi connectivity index (χ1) is 17.1. The molecule has 3 nitrogen and oxygen atoms in total. The molecular weight excluding hydrogens is 430 g/mol. The van der Waals surface area contributed by atoms with Crippen molar-refractivity contribution in [3.05, 3.63) is 71.8 Å². The first-order valence-electron chi connectivity index (χ1n) is 13.7. The van der Waals surface area contributed by atoms with Gasteiger partial charge in [0.05, 0.1) is 12.7 Å². The highest BCUT2D eigenvalue weighted by Gasteiger charge is 2.48. The average Bonchev–Trinajstić information content (AvgIpc) is 2.91. The number of nitriles is 1. The Balaban J connectivity index is 2.55. The van der Waals surface area contributed by atoms with Crippen molar-refractivity contribution in [1.82, 2.24) is 0 Å². The Labute approximate surface area is 213 Å². The molecule has 0 bridgehead atoms. The van der Waals surface area contributed by atoms with E-state index in [0.29, 0.717) is 18.4 Å². The van der Waals surface area contributed by atoms with Gasteiger partial charge >= 0.3 is 5.97 Å². The lowest BCUT2D eigenvalue weighted by Gasteiger charge is -2.40. The maximum Gasteiger partial charge on any atom is 0.324 e. The summed E-state index contributed by atoms with van der Waals surface area (Å²) >= 11 is 0. The van der Waals surface area contributed by atoms with Gasteiger partial charge in [0.25, 0.3) is 0 Å². The van der Waals surface area contributed by atoms with Gasteiger partial charge in [-0.1, -0.05) is 133 Å². The Hall–Kier alpha value is -2.60. The summed E-state index contributed by atoms with van der Waals surface area (Å²) in [6, 6.07) is 22.8. The molecule has 0 N–H and O–H groups in total. The number of unbranched alkanes of at least 4 members (excludes halogenated alkanes) is 2. The third-order valence-corrected chi connectivity index (χ3v) is 7.59. The van der Waals surface area contributed by atoms with Gasteiger partial charge in [-0.2, -0.15) is 5.26 Å². The van der Waals surface area contributed by atoms with Crippen LogP contribution in [0.2, 0.25) is 0 Å². The van der Waals surface area contributed by atoms with Crippen LogP contribution >= 0.6 is 0 Å². The lowest BCUT2D eigenvalue weighted by atomic mass is 9.61. The molecule has 0 amide bonds. The van der Waals surface area contributed by atoms with E-state index in [-0.39, 0.29) is 5.97 Å². The fraction of sp³-hybridized carbons (Fsp3) is 0.562. The highest BCUT2D eigenvalue weighted by Crippen LogP contribution is 2.46. The van der Waals surface area contributed by atoms with Crippen molar-refractivity contribution in [1.29, 1.82) is 5.26 Å². The lowest BCUT2D eigenvalue weighted by Crippen LogP contribution is -2.43. The molecule has 0 heterocycles. The quantitative estimate of drug-likeness (QED) is 0.229. The fourth-order valence-corrected chi connectivity index (χ4v) is 5.27. The molecule has 0 aromatic heterocycles. The minimum absolute atomic E-state index is 0.342. The Morgan fingerprint density at radius 1 is 0.829 bits per heavy atom. The molecule has 3 atom stereocenters. The highest BCUT2D eigenvalue weighted by molar-refractivity contribution is 5.79. The van der Waals surface area contributed by atoms with Crippen LogP contribution in [-0.4, -0.2) is 12.6 Å². The monoisotopic (exact) mass is 475 g/mol. The number of hydrogen-bond donors (Lipinski definition) is 0. The molecule has 2 rings (SSSR count). The number of rotatable bonds is 16. The SMILES string of the molecule is CCCCC(CC)COC(=O)C(C#N)C(CC(CC)CCCC)(c1ccccc1)c1ccccc1. The summed E-state index contributed by atoms with van der Waals surface area (Å²) in [5, 5.41) is 10.5. The van der Waals surface area contributed by atoms with Gasteiger partial charge in [-0.05, 0) is 35.8 Å². The minimum atomic E-state index is -0.911. The van der Waals surface area contributed by atoms with Crippen LogP contribution < -0.4 is 0 Å². The smallest absolute Gasteiger partial charge is 0.324 e. The van der Waals surface area contributed by atoms with Crippen LogP contribution in [0.25, 0.3) is 0 Å². The average molecular weight is 476 g/mol. The molecule has 3 heteroatoms. The second-order valence-electron chi connectivity index (χ2n) is 9.93. The lowest BCUT2D eigenvalue weighted by molar-refractivity contribution is -0.150. The van der Waals surface area contributed by atoms with Gasteiger partial charge in [0.15, 0.2) is 5.92 Å². The van der Waals surface area contributed by atoms with E-state index in [1.54, 1.807) is 0 Å². The van der Waals surface area contributed by atoms with Crippen LogP contribution in [0.4, 0.5) is 0 Å². The van der Waals surface area contributed by atoms with E-state index in [2.05, 4.69) is 58.0 Å². The van der Waals surface area contributed by atoms with Gasteiger partial charge in [0.2, 0.25) is 0 Å². The van der Waals surface area contributed by atoms with Crippen molar-refractivity contribution in [3.63, 3.8) is 0 Å². The molecule has 2 aromatic rings. The van der Waals surface area contributed by atoms with Crippen LogP contribution in [0.5, 0.6) is 0 Å². The Morgan fingerprint density at radius 2 is 1.31 bits per heavy atom. The van der Waals surface area contributed by atoms with E-state index in [1.807, 2.05) is 36.4 Å². The Bertz CT molecular complexity index is 847. The normalized spacial score (nSPS) is 14.0. The number of hydrogen-bond acceptors (Lipinski definition) is 3. The van der Waals surface area contributed by atoms with Gasteiger partial charge < -0.3 is 4.74 Å². The maximum atomic E-state index is 13.7. The molecule has 3 unspecified atom stereocenters. The van der Waals surface area contributed by atoms with Crippen molar-refractivity contribution < 1.29 is 9.53 Å². The molecule has 190 valence electrons. The molecule has 2 aromatic carbocycles. The number of carbonyl (C=O) groups is 1. The van der Waals surface area contributed by atoms with E-state index in [0.717, 1.165) is 68.9 Å². The summed E-state index contributed by atoms with van der Waals surface area (Å²) in [6.07, 6.45) is 9.43. The summed E-state index contributed by atoms with van der Waals surface area (Å²) in [5.74, 6) is -0.548. The molecule has 0 aliphatic rings. The summed E-state index contributed by atoms with van der Waals surface area (Å²) in [4.78, 5) is 13.7. The topological polar surface area (TPSA) is 50.1 Å². The first kappa shape index (κ1) is 28.6. The number of carbonyl (C=O) groups excluding carboxylic acids is 1. The predicted molar refractivity (Wildman–Crippen MR) is 145 cm³/mol. The Morgan fingerprint density at radius 3 is 1.74 bits per heavy atom. The van der Waals surface area contributed by atoms with Crippen molar-refractivity contribution in [2.45, 2.75) is 90.9 Å². The van der Waals surface area contributed by atoms with E-state index < -0.39 is 11.3 Å². The van der Waals surface area contributed by atoms with E-state index in [9.17, 15) is 10.1 Å². The van der Waals surface area contributed by atoms with Crippen LogP contribution in [0, 0.1) is 29.1 Å². The zero-order valence-electron chi connectivity index (χ0n) is 22.3. The predicted octanol–water partition coefficient (Wildman–Crippen LogP) is 8.48. The largest absolute Gasteiger partial charge is 0.464 e. The van der Waals surface area contributed by atoms with Gasteiger partial charge in [-0.15, -0.1) is 0 Å². The minimum Gasteiger partial charge on any atom is -0.464 e. The van der Waals surface area contributed by atoms with Crippen LogP contribution in [0.3, 0.4) is 0 Å². The van der Waals surface area contributed by atoms with Crippen molar-refractivity contribution in [2.24, 2.45) is 17.8 Å². The van der Waals surface area contributed by atoms with Gasteiger partial charge in [0.1, 0.15) is 0 Å². The summed E-state index contributed by atoms with van der Waals surface area (Å²) in [5.41, 5.74) is 1.28. The third-order valence-electron chi connectivity index (χ3n) is 7.59. The first-order valence-corrected chi connectivity index (χ1v) is 13.7. The van der Waals surface area contributed by atoms with Gasteiger partial charge in [0, 0.05) is 5.41 Å². The second-order valence-corrected chi connectivity index (χ2v) is 9.93. The molecule has 0 radical (unpaired) electrons. The zero-order valence-corrected chi connectivity index (χ0v) is 22.3. The molecule has 0 aliphatic heterocycles. The number of ether oxygens (including phenoxy) is 1. The third kappa shape index (κ3) is 7.69. The van der Waals surface area contributed by atoms with Gasteiger partial charge in [-0.3, -0.25) is 4.79 Å². The zero-order chi connectivity index (χ0) is 25.5. The summed E-state index contributed by atoms with van der Waals surface area (Å²) in [6.45, 7) is 9.15. The van der Waals surface area contributed by atoms with Crippen LogP contribution in [-0.2, 0) is 14.9 Å². The van der Waals surface area contributed by atoms with Crippen molar-refractivity contribution >= 4 is 5.97 Å². The summed E-state index contributed by atoms with van der Waals surface area (Å²) < 4.78 is 5.93. The number of benzene rings is 2. The molecular formula is C32H45NO2. The molecule has 0 fully saturated rings. The van der Waals surface area contributed by atoms with Crippen molar-refractivity contribution in [3.8, 4) is 6.07 Å². The second kappa shape index (κ2) is 15.4. The molecule has 0 saturated carbocycles. The molecule has 35 heavy (non-hydrogen) atoms. The van der Waals surface area contributed by atoms with E-state index in [4.69, 9.17) is 4.74 Å². The molecule has 0 saturated heterocycles. The standard InChI is InChI=1S/C32H45NO2/c1-5-9-17-26(7-3)23-32(28-19-13-11-14-20-28,29-21-15-12-16-22-29)30(24-33)31(34)35-25-27(8-4)18-10-6-2/h11-16,19-22,26-27,30H,5-10,17-18,23,25H2,1-4H3. The van der Waals surface area contributed by atoms with E-state index in [1.165, 1.54) is 0 Å². The molecule has 0 spiro atoms. The van der Waals surface area contributed by atoms with Crippen molar-refractivity contribution in [2.75, 3.05) is 6.61 Å². The maximum absolute atomic E-state index is 13.7. The summed E-state index contributed by atoms with van der Waals surface area (Å²) in [7, 11) is 0. The number of nitrogens with zero attached hydrogens (tertiary/aromatic N) is 1. The molecule has 0 aliphatic carbocycles. The highest BCUT2D eigenvalue weighted by atomic mass is 16.5. The fourth-order valence-electron chi connectivity index (χ4n) is 5.27. The van der Waals surface area contributed by atoms with E-state index >= 15 is 0 Å². The number of esters is 1. The Kier molecular flexibility index (Phi) is 12.6. The van der Waals surface area contributed by atoms with Crippen LogP contribution in [0.15, 0.2) is 60.7 Å². The van der Waals surface area contributed by atoms with Gasteiger partial charge in [-0.25, -0.2) is 0 Å². The van der Waals surface area contributed by atoms with Crippen LogP contribution in [0.1, 0.15) is 96.6 Å².